The van der Waals surface area contributed by atoms with Gasteiger partial charge in [0.2, 0.25) is 17.7 Å². The molecule has 0 bridgehead atoms. The summed E-state index contributed by atoms with van der Waals surface area (Å²) in [4.78, 5) is 24.7. The molecule has 1 aliphatic rings. The van der Waals surface area contributed by atoms with E-state index in [4.69, 9.17) is 16.3 Å². The molecule has 0 spiro atoms. The van der Waals surface area contributed by atoms with E-state index >= 15 is 0 Å². The second-order valence-corrected chi connectivity index (χ2v) is 8.04. The molecule has 9 heteroatoms. The predicted octanol–water partition coefficient (Wildman–Crippen LogP) is 4.54. The number of anilines is 4. The van der Waals surface area contributed by atoms with Crippen LogP contribution >= 0.6 is 11.6 Å². The van der Waals surface area contributed by atoms with Crippen LogP contribution in [-0.4, -0.2) is 54.0 Å². The standard InChI is InChI=1S/C24H25ClN6O2/c1-3-22(32)27-17-6-10-20(11-7-17)33-23-21(25)16-26-24(29-23)28-18-4-8-19(9-5-18)31-14-12-30(2)13-15-31/h3-11,16H,1,12-15H2,2H3,(H,27,32)(H,26,28,29). The van der Waals surface area contributed by atoms with E-state index in [9.17, 15) is 4.79 Å². The Morgan fingerprint density at radius 2 is 1.73 bits per heavy atom. The van der Waals surface area contributed by atoms with E-state index in [1.807, 2.05) is 12.1 Å². The van der Waals surface area contributed by atoms with Crippen molar-refractivity contribution < 1.29 is 9.53 Å². The van der Waals surface area contributed by atoms with Crippen LogP contribution in [0.3, 0.4) is 0 Å². The van der Waals surface area contributed by atoms with E-state index < -0.39 is 0 Å². The molecule has 0 saturated carbocycles. The fraction of sp³-hybridized carbons (Fsp3) is 0.208. The summed E-state index contributed by atoms with van der Waals surface area (Å²) in [6.45, 7) is 7.60. The number of nitrogens with zero attached hydrogens (tertiary/aromatic N) is 4. The Balaban J connectivity index is 1.41. The molecule has 1 saturated heterocycles. The van der Waals surface area contributed by atoms with Crippen LogP contribution in [-0.2, 0) is 4.79 Å². The van der Waals surface area contributed by atoms with Crippen LogP contribution in [0.5, 0.6) is 11.6 Å². The number of benzene rings is 2. The normalized spacial score (nSPS) is 13.9. The van der Waals surface area contributed by atoms with Gasteiger partial charge < -0.3 is 25.2 Å². The number of halogens is 1. The molecule has 3 aromatic rings. The zero-order valence-corrected chi connectivity index (χ0v) is 19.0. The van der Waals surface area contributed by atoms with E-state index in [2.05, 4.69) is 56.2 Å². The molecule has 0 aliphatic carbocycles. The number of piperazine rings is 1. The Morgan fingerprint density at radius 1 is 1.06 bits per heavy atom. The minimum atomic E-state index is -0.283. The van der Waals surface area contributed by atoms with E-state index in [0.29, 0.717) is 17.4 Å². The number of amides is 1. The molecule has 0 radical (unpaired) electrons. The van der Waals surface area contributed by atoms with Gasteiger partial charge in [0, 0.05) is 43.2 Å². The minimum absolute atomic E-state index is 0.228. The first-order chi connectivity index (χ1) is 16.0. The van der Waals surface area contributed by atoms with Crippen LogP contribution in [0.4, 0.5) is 23.0 Å². The highest BCUT2D eigenvalue weighted by Crippen LogP contribution is 2.29. The first-order valence-electron chi connectivity index (χ1n) is 10.5. The number of nitrogens with one attached hydrogen (secondary N) is 2. The van der Waals surface area contributed by atoms with E-state index in [1.165, 1.54) is 18.0 Å². The summed E-state index contributed by atoms with van der Waals surface area (Å²) in [7, 11) is 2.15. The molecule has 2 aromatic carbocycles. The van der Waals surface area contributed by atoms with Gasteiger partial charge in [-0.3, -0.25) is 4.79 Å². The maximum Gasteiger partial charge on any atom is 0.247 e. The lowest BCUT2D eigenvalue weighted by atomic mass is 10.2. The van der Waals surface area contributed by atoms with Crippen molar-refractivity contribution in [2.75, 3.05) is 48.8 Å². The lowest BCUT2D eigenvalue weighted by Gasteiger charge is -2.34. The summed E-state index contributed by atoms with van der Waals surface area (Å²) >= 11 is 6.23. The number of rotatable bonds is 7. The summed E-state index contributed by atoms with van der Waals surface area (Å²) < 4.78 is 5.81. The smallest absolute Gasteiger partial charge is 0.247 e. The molecule has 4 rings (SSSR count). The molecule has 1 aromatic heterocycles. The van der Waals surface area contributed by atoms with E-state index in [0.717, 1.165) is 31.9 Å². The number of aromatic nitrogens is 2. The Labute approximate surface area is 197 Å². The van der Waals surface area contributed by atoms with Gasteiger partial charge in [-0.2, -0.15) is 4.98 Å². The van der Waals surface area contributed by atoms with Crippen LogP contribution in [0, 0.1) is 0 Å². The molecule has 0 atom stereocenters. The molecule has 1 amide bonds. The topological polar surface area (TPSA) is 82.6 Å². The van der Waals surface area contributed by atoms with Gasteiger partial charge >= 0.3 is 0 Å². The number of ether oxygens (including phenoxy) is 1. The van der Waals surface area contributed by atoms with E-state index in [-0.39, 0.29) is 16.8 Å². The van der Waals surface area contributed by atoms with Crippen LogP contribution in [0.2, 0.25) is 5.02 Å². The van der Waals surface area contributed by atoms with Gasteiger partial charge in [0.25, 0.3) is 0 Å². The Kier molecular flexibility index (Phi) is 7.07. The molecule has 1 aliphatic heterocycles. The summed E-state index contributed by atoms with van der Waals surface area (Å²) in [5.41, 5.74) is 2.69. The number of carbonyl (C=O) groups excluding carboxylic acids is 1. The van der Waals surface area contributed by atoms with Gasteiger partial charge in [-0.15, -0.1) is 0 Å². The van der Waals surface area contributed by atoms with Gasteiger partial charge in [0.05, 0.1) is 6.20 Å². The summed E-state index contributed by atoms with van der Waals surface area (Å²) in [5, 5.41) is 6.15. The van der Waals surface area contributed by atoms with Gasteiger partial charge in [0.1, 0.15) is 10.8 Å². The van der Waals surface area contributed by atoms with Crippen molar-refractivity contribution in [1.82, 2.24) is 14.9 Å². The quantitative estimate of drug-likeness (QED) is 0.496. The van der Waals surface area contributed by atoms with Crippen molar-refractivity contribution in [2.45, 2.75) is 0 Å². The maximum absolute atomic E-state index is 11.4. The van der Waals surface area contributed by atoms with Crippen molar-refractivity contribution in [3.05, 3.63) is 72.4 Å². The van der Waals surface area contributed by atoms with Crippen molar-refractivity contribution in [3.8, 4) is 11.6 Å². The van der Waals surface area contributed by atoms with Crippen molar-refractivity contribution in [1.29, 1.82) is 0 Å². The van der Waals surface area contributed by atoms with Crippen LogP contribution in [0.1, 0.15) is 0 Å². The molecule has 170 valence electrons. The van der Waals surface area contributed by atoms with Gasteiger partial charge in [-0.05, 0) is 61.7 Å². The van der Waals surface area contributed by atoms with Crippen molar-refractivity contribution in [2.24, 2.45) is 0 Å². The Bertz CT molecular complexity index is 1110. The predicted molar refractivity (Wildman–Crippen MR) is 132 cm³/mol. The number of carbonyl (C=O) groups is 1. The third-order valence-electron chi connectivity index (χ3n) is 5.23. The second kappa shape index (κ2) is 10.3. The average molecular weight is 465 g/mol. The highest BCUT2D eigenvalue weighted by atomic mass is 35.5. The lowest BCUT2D eigenvalue weighted by molar-refractivity contribution is -0.111. The highest BCUT2D eigenvalue weighted by molar-refractivity contribution is 6.31. The SMILES string of the molecule is C=CC(=O)Nc1ccc(Oc2nc(Nc3ccc(N4CCN(C)CC4)cc3)ncc2Cl)cc1. The maximum atomic E-state index is 11.4. The summed E-state index contributed by atoms with van der Waals surface area (Å²) in [6.07, 6.45) is 2.70. The van der Waals surface area contributed by atoms with Crippen LogP contribution in [0.25, 0.3) is 0 Å². The fourth-order valence-corrected chi connectivity index (χ4v) is 3.47. The molecule has 1 fully saturated rings. The fourth-order valence-electron chi connectivity index (χ4n) is 3.34. The molecule has 33 heavy (non-hydrogen) atoms. The highest BCUT2D eigenvalue weighted by Gasteiger charge is 2.14. The minimum Gasteiger partial charge on any atom is -0.437 e. The number of likely N-dealkylation sites (N-methyl/N-ethyl adjacent to an activating group) is 1. The summed E-state index contributed by atoms with van der Waals surface area (Å²) in [6, 6.07) is 15.0. The largest absolute Gasteiger partial charge is 0.437 e. The molecule has 2 N–H and O–H groups in total. The van der Waals surface area contributed by atoms with Crippen molar-refractivity contribution in [3.63, 3.8) is 0 Å². The zero-order valence-electron chi connectivity index (χ0n) is 18.3. The zero-order chi connectivity index (χ0) is 23.2. The molecular weight excluding hydrogens is 440 g/mol. The van der Waals surface area contributed by atoms with E-state index in [1.54, 1.807) is 24.3 Å². The first kappa shape index (κ1) is 22.6. The first-order valence-corrected chi connectivity index (χ1v) is 10.9. The van der Waals surface area contributed by atoms with Gasteiger partial charge in [-0.1, -0.05) is 18.2 Å². The Morgan fingerprint density at radius 3 is 2.39 bits per heavy atom. The monoisotopic (exact) mass is 464 g/mol. The third kappa shape index (κ3) is 6.00. The summed E-state index contributed by atoms with van der Waals surface area (Å²) in [5.74, 6) is 0.840. The van der Waals surface area contributed by atoms with Crippen molar-refractivity contribution >= 4 is 40.5 Å². The lowest BCUT2D eigenvalue weighted by Crippen LogP contribution is -2.44. The van der Waals surface area contributed by atoms with Crippen LogP contribution in [0.15, 0.2) is 67.4 Å². The molecule has 8 nitrogen and oxygen atoms in total. The van der Waals surface area contributed by atoms with Crippen LogP contribution < -0.4 is 20.3 Å². The molecule has 0 unspecified atom stereocenters. The Hall–Kier alpha value is -3.62. The number of hydrogen-bond acceptors (Lipinski definition) is 7. The second-order valence-electron chi connectivity index (χ2n) is 7.63. The van der Waals surface area contributed by atoms with Gasteiger partial charge in [0.15, 0.2) is 0 Å². The van der Waals surface area contributed by atoms with Gasteiger partial charge in [-0.25, -0.2) is 4.98 Å². The molecular formula is C24H25ClN6O2. The number of hydrogen-bond donors (Lipinski definition) is 2. The third-order valence-corrected chi connectivity index (χ3v) is 5.48. The average Bonchev–Trinajstić information content (AvgIpc) is 2.83. The molecule has 2 heterocycles.